The summed E-state index contributed by atoms with van der Waals surface area (Å²) in [5.74, 6) is -0.181. The first-order valence-corrected chi connectivity index (χ1v) is 7.49. The summed E-state index contributed by atoms with van der Waals surface area (Å²) in [6, 6.07) is 13.0. The highest BCUT2D eigenvalue weighted by Gasteiger charge is 2.26. The molecular weight excluding hydrogens is 307 g/mol. The third-order valence-corrected chi connectivity index (χ3v) is 4.33. The van der Waals surface area contributed by atoms with Crippen molar-refractivity contribution in [2.75, 3.05) is 17.2 Å². The lowest BCUT2D eigenvalue weighted by Crippen LogP contribution is -2.27. The van der Waals surface area contributed by atoms with Crippen LogP contribution >= 0.6 is 23.2 Å². The molecule has 2 N–H and O–H groups in total. The van der Waals surface area contributed by atoms with Crippen LogP contribution < -0.4 is 10.6 Å². The van der Waals surface area contributed by atoms with Crippen molar-refractivity contribution in [3.63, 3.8) is 0 Å². The number of rotatable bonds is 2. The molecule has 2 aromatic carbocycles. The third kappa shape index (κ3) is 2.99. The van der Waals surface area contributed by atoms with Crippen LogP contribution in [0.3, 0.4) is 0 Å². The van der Waals surface area contributed by atoms with E-state index in [1.807, 2.05) is 24.3 Å². The van der Waals surface area contributed by atoms with Gasteiger partial charge in [0.25, 0.3) is 0 Å². The molecule has 0 aliphatic carbocycles. The molecule has 0 radical (unpaired) electrons. The Morgan fingerprint density at radius 3 is 2.76 bits per heavy atom. The molecule has 1 amide bonds. The number of hydrogen-bond donors (Lipinski definition) is 2. The van der Waals surface area contributed by atoms with Gasteiger partial charge in [0.1, 0.15) is 0 Å². The predicted molar refractivity (Wildman–Crippen MR) is 87.4 cm³/mol. The zero-order valence-corrected chi connectivity index (χ0v) is 12.7. The Bertz CT molecular complexity index is 688. The lowest BCUT2D eigenvalue weighted by atomic mass is 9.90. The van der Waals surface area contributed by atoms with Gasteiger partial charge in [0, 0.05) is 17.9 Å². The molecule has 108 valence electrons. The molecule has 0 spiro atoms. The van der Waals surface area contributed by atoms with Crippen molar-refractivity contribution < 1.29 is 4.79 Å². The van der Waals surface area contributed by atoms with E-state index in [9.17, 15) is 4.79 Å². The summed E-state index contributed by atoms with van der Waals surface area (Å²) >= 11 is 11.9. The van der Waals surface area contributed by atoms with Gasteiger partial charge in [-0.3, -0.25) is 4.79 Å². The summed E-state index contributed by atoms with van der Waals surface area (Å²) in [5.41, 5.74) is 2.71. The summed E-state index contributed by atoms with van der Waals surface area (Å²) in [4.78, 5) is 12.5. The van der Waals surface area contributed by atoms with Gasteiger partial charge in [0.05, 0.1) is 16.0 Å². The molecule has 5 heteroatoms. The van der Waals surface area contributed by atoms with E-state index in [2.05, 4.69) is 10.6 Å². The number of carbonyl (C=O) groups excluding carboxylic acids is 1. The fourth-order valence-electron chi connectivity index (χ4n) is 2.54. The quantitative estimate of drug-likeness (QED) is 0.853. The van der Waals surface area contributed by atoms with Crippen molar-refractivity contribution in [2.45, 2.75) is 12.3 Å². The summed E-state index contributed by atoms with van der Waals surface area (Å²) in [6.45, 7) is 0.788. The average Bonchev–Trinajstić information content (AvgIpc) is 2.50. The maximum absolute atomic E-state index is 12.5. The Balaban J connectivity index is 1.81. The van der Waals surface area contributed by atoms with Crippen molar-refractivity contribution >= 4 is 40.5 Å². The zero-order chi connectivity index (χ0) is 14.8. The molecule has 1 aliphatic rings. The van der Waals surface area contributed by atoms with Crippen molar-refractivity contribution in [2.24, 2.45) is 0 Å². The highest BCUT2D eigenvalue weighted by Crippen LogP contribution is 2.32. The van der Waals surface area contributed by atoms with E-state index in [1.54, 1.807) is 18.2 Å². The van der Waals surface area contributed by atoms with E-state index in [-0.39, 0.29) is 11.8 Å². The number of para-hydroxylation sites is 1. The zero-order valence-electron chi connectivity index (χ0n) is 11.2. The number of fused-ring (bicyclic) bond motifs is 1. The fraction of sp³-hybridized carbons (Fsp3) is 0.188. The second kappa shape index (κ2) is 5.96. The first kappa shape index (κ1) is 14.2. The largest absolute Gasteiger partial charge is 0.385 e. The highest BCUT2D eigenvalue weighted by molar-refractivity contribution is 6.42. The first-order chi connectivity index (χ1) is 10.1. The standard InChI is InChI=1S/C16H14Cl2N2O/c17-13-6-5-10(9-14(13)18)20-16(21)12-7-8-19-15-4-2-1-3-11(12)15/h1-6,9,12,19H,7-8H2,(H,20,21). The maximum atomic E-state index is 12.5. The van der Waals surface area contributed by atoms with E-state index >= 15 is 0 Å². The minimum Gasteiger partial charge on any atom is -0.385 e. The number of hydrogen-bond acceptors (Lipinski definition) is 2. The van der Waals surface area contributed by atoms with Crippen molar-refractivity contribution in [3.05, 3.63) is 58.1 Å². The topological polar surface area (TPSA) is 41.1 Å². The molecule has 1 atom stereocenters. The van der Waals surface area contributed by atoms with Gasteiger partial charge in [-0.2, -0.15) is 0 Å². The molecule has 3 rings (SSSR count). The average molecular weight is 321 g/mol. The van der Waals surface area contributed by atoms with Crippen LogP contribution in [0.1, 0.15) is 17.9 Å². The molecule has 0 bridgehead atoms. The second-order valence-electron chi connectivity index (χ2n) is 4.97. The normalized spacial score (nSPS) is 16.8. The lowest BCUT2D eigenvalue weighted by molar-refractivity contribution is -0.117. The number of nitrogens with one attached hydrogen (secondary N) is 2. The molecule has 1 aliphatic heterocycles. The van der Waals surface area contributed by atoms with Crippen LogP contribution in [0.2, 0.25) is 10.0 Å². The molecule has 0 aromatic heterocycles. The monoisotopic (exact) mass is 320 g/mol. The highest BCUT2D eigenvalue weighted by atomic mass is 35.5. The minimum atomic E-state index is -0.156. The van der Waals surface area contributed by atoms with Gasteiger partial charge in [-0.1, -0.05) is 41.4 Å². The van der Waals surface area contributed by atoms with E-state index in [4.69, 9.17) is 23.2 Å². The second-order valence-corrected chi connectivity index (χ2v) is 5.79. The lowest BCUT2D eigenvalue weighted by Gasteiger charge is -2.25. The maximum Gasteiger partial charge on any atom is 0.232 e. The van der Waals surface area contributed by atoms with Gasteiger partial charge in [0.15, 0.2) is 0 Å². The Hall–Kier alpha value is -1.71. The Kier molecular flexibility index (Phi) is 4.04. The molecule has 0 saturated heterocycles. The van der Waals surface area contributed by atoms with Crippen LogP contribution in [-0.2, 0) is 4.79 Å². The Labute approximate surface area is 133 Å². The van der Waals surface area contributed by atoms with Crippen molar-refractivity contribution in [1.82, 2.24) is 0 Å². The van der Waals surface area contributed by atoms with E-state index in [0.29, 0.717) is 15.7 Å². The molecule has 0 fully saturated rings. The molecule has 2 aromatic rings. The number of amides is 1. The van der Waals surface area contributed by atoms with E-state index in [0.717, 1.165) is 24.2 Å². The Morgan fingerprint density at radius 1 is 1.14 bits per heavy atom. The summed E-state index contributed by atoms with van der Waals surface area (Å²) in [6.07, 6.45) is 0.768. The van der Waals surface area contributed by atoms with Crippen molar-refractivity contribution in [3.8, 4) is 0 Å². The van der Waals surface area contributed by atoms with Crippen LogP contribution in [0.4, 0.5) is 11.4 Å². The smallest absolute Gasteiger partial charge is 0.232 e. The van der Waals surface area contributed by atoms with Gasteiger partial charge in [-0.05, 0) is 36.2 Å². The summed E-state index contributed by atoms with van der Waals surface area (Å²) < 4.78 is 0. The predicted octanol–water partition coefficient (Wildman–Crippen LogP) is 4.53. The molecule has 0 saturated carbocycles. The number of carbonyl (C=O) groups is 1. The van der Waals surface area contributed by atoms with Crippen LogP contribution in [0, 0.1) is 0 Å². The minimum absolute atomic E-state index is 0.0256. The van der Waals surface area contributed by atoms with Gasteiger partial charge in [-0.25, -0.2) is 0 Å². The van der Waals surface area contributed by atoms with Crippen LogP contribution in [0.15, 0.2) is 42.5 Å². The molecule has 1 heterocycles. The fourth-order valence-corrected chi connectivity index (χ4v) is 2.84. The van der Waals surface area contributed by atoms with Crippen LogP contribution in [-0.4, -0.2) is 12.5 Å². The van der Waals surface area contributed by atoms with Gasteiger partial charge in [0.2, 0.25) is 5.91 Å². The van der Waals surface area contributed by atoms with Crippen molar-refractivity contribution in [1.29, 1.82) is 0 Å². The molecule has 1 unspecified atom stereocenters. The van der Waals surface area contributed by atoms with Crippen LogP contribution in [0.25, 0.3) is 0 Å². The van der Waals surface area contributed by atoms with Gasteiger partial charge in [-0.15, -0.1) is 0 Å². The number of halogens is 2. The SMILES string of the molecule is O=C(Nc1ccc(Cl)c(Cl)c1)C1CCNc2ccccc21. The van der Waals surface area contributed by atoms with E-state index in [1.165, 1.54) is 0 Å². The third-order valence-electron chi connectivity index (χ3n) is 3.59. The van der Waals surface area contributed by atoms with E-state index < -0.39 is 0 Å². The summed E-state index contributed by atoms with van der Waals surface area (Å²) in [5, 5.41) is 7.12. The van der Waals surface area contributed by atoms with Gasteiger partial charge < -0.3 is 10.6 Å². The first-order valence-electron chi connectivity index (χ1n) is 6.74. The molecule has 21 heavy (non-hydrogen) atoms. The Morgan fingerprint density at radius 2 is 1.95 bits per heavy atom. The number of benzene rings is 2. The number of anilines is 2. The molecular formula is C16H14Cl2N2O. The van der Waals surface area contributed by atoms with Crippen LogP contribution in [0.5, 0.6) is 0 Å². The molecule has 3 nitrogen and oxygen atoms in total. The summed E-state index contributed by atoms with van der Waals surface area (Å²) in [7, 11) is 0. The van der Waals surface area contributed by atoms with Gasteiger partial charge >= 0.3 is 0 Å².